The lowest BCUT2D eigenvalue weighted by atomic mass is 9.85. The molecule has 1 amide bonds. The fourth-order valence-corrected chi connectivity index (χ4v) is 4.90. The molecule has 10 nitrogen and oxygen atoms in total. The van der Waals surface area contributed by atoms with Gasteiger partial charge in [0.05, 0.1) is 23.4 Å². The molecule has 4 rings (SSSR count). The molecule has 0 aromatic carbocycles. The Labute approximate surface area is 205 Å². The lowest BCUT2D eigenvalue weighted by Gasteiger charge is -2.30. The number of carbonyl (C=O) groups is 2. The van der Waals surface area contributed by atoms with Gasteiger partial charge in [0.25, 0.3) is 0 Å². The first-order valence-electron chi connectivity index (χ1n) is 12.4. The number of ether oxygens (including phenoxy) is 2. The minimum Gasteiger partial charge on any atom is -0.489 e. The number of pyridine rings is 1. The zero-order valence-electron chi connectivity index (χ0n) is 20.9. The van der Waals surface area contributed by atoms with Crippen LogP contribution in [-0.4, -0.2) is 61.7 Å². The highest BCUT2D eigenvalue weighted by Crippen LogP contribution is 2.32. The summed E-state index contributed by atoms with van der Waals surface area (Å²) in [7, 11) is 3.53. The van der Waals surface area contributed by atoms with E-state index in [1.807, 2.05) is 26.0 Å². The molecule has 2 unspecified atom stereocenters. The number of carbonyl (C=O) groups excluding carboxylic acids is 1. The SMILES string of the molecule is Cc1nc(-c2nnn(C)c2C(C)OC(=O)N(C)CC2CCC2)ccc1OC1CCC[C@H](C(=O)O)C1. The fourth-order valence-electron chi connectivity index (χ4n) is 4.90. The summed E-state index contributed by atoms with van der Waals surface area (Å²) in [4.78, 5) is 30.3. The second kappa shape index (κ2) is 10.6. The van der Waals surface area contributed by atoms with Gasteiger partial charge in [-0.15, -0.1) is 5.10 Å². The van der Waals surface area contributed by atoms with Crippen molar-refractivity contribution in [1.82, 2.24) is 24.9 Å². The summed E-state index contributed by atoms with van der Waals surface area (Å²) in [6, 6.07) is 3.65. The number of aryl methyl sites for hydroxylation is 2. The summed E-state index contributed by atoms with van der Waals surface area (Å²) in [5.74, 6) is 0.0729. The Bertz CT molecular complexity index is 1070. The van der Waals surface area contributed by atoms with Crippen molar-refractivity contribution in [1.29, 1.82) is 0 Å². The van der Waals surface area contributed by atoms with Gasteiger partial charge in [0.2, 0.25) is 0 Å². The van der Waals surface area contributed by atoms with Gasteiger partial charge in [-0.25, -0.2) is 14.5 Å². The van der Waals surface area contributed by atoms with E-state index in [9.17, 15) is 14.7 Å². The average Bonchev–Trinajstić information content (AvgIpc) is 3.19. The number of aliphatic carboxylic acids is 1. The Morgan fingerprint density at radius 2 is 1.97 bits per heavy atom. The van der Waals surface area contributed by atoms with Crippen LogP contribution >= 0.6 is 0 Å². The molecule has 0 aliphatic heterocycles. The summed E-state index contributed by atoms with van der Waals surface area (Å²) < 4.78 is 13.5. The van der Waals surface area contributed by atoms with E-state index in [0.717, 1.165) is 25.7 Å². The first-order chi connectivity index (χ1) is 16.7. The van der Waals surface area contributed by atoms with Crippen LogP contribution < -0.4 is 4.74 Å². The summed E-state index contributed by atoms with van der Waals surface area (Å²) in [6.45, 7) is 4.37. The van der Waals surface area contributed by atoms with Crippen LogP contribution in [-0.2, 0) is 16.6 Å². The van der Waals surface area contributed by atoms with Gasteiger partial charge in [-0.2, -0.15) is 0 Å². The van der Waals surface area contributed by atoms with E-state index < -0.39 is 12.1 Å². The monoisotopic (exact) mass is 485 g/mol. The normalized spacial score (nSPS) is 21.1. The Kier molecular flexibility index (Phi) is 7.57. The molecular weight excluding hydrogens is 450 g/mol. The highest BCUT2D eigenvalue weighted by Gasteiger charge is 2.29. The first kappa shape index (κ1) is 24.9. The van der Waals surface area contributed by atoms with E-state index in [-0.39, 0.29) is 18.1 Å². The Morgan fingerprint density at radius 1 is 1.23 bits per heavy atom. The van der Waals surface area contributed by atoms with Crippen molar-refractivity contribution in [2.75, 3.05) is 13.6 Å². The highest BCUT2D eigenvalue weighted by molar-refractivity contribution is 5.70. The van der Waals surface area contributed by atoms with Crippen molar-refractivity contribution in [3.63, 3.8) is 0 Å². The highest BCUT2D eigenvalue weighted by atomic mass is 16.6. The van der Waals surface area contributed by atoms with E-state index in [2.05, 4.69) is 15.3 Å². The predicted molar refractivity (Wildman–Crippen MR) is 128 cm³/mol. The van der Waals surface area contributed by atoms with E-state index >= 15 is 0 Å². The smallest absolute Gasteiger partial charge is 0.410 e. The van der Waals surface area contributed by atoms with E-state index in [0.29, 0.717) is 53.8 Å². The van der Waals surface area contributed by atoms with Crippen LogP contribution in [0.15, 0.2) is 12.1 Å². The first-order valence-corrected chi connectivity index (χ1v) is 12.4. The maximum atomic E-state index is 12.6. The van der Waals surface area contributed by atoms with Crippen LogP contribution in [0.25, 0.3) is 11.4 Å². The summed E-state index contributed by atoms with van der Waals surface area (Å²) in [6.07, 6.45) is 5.35. The van der Waals surface area contributed by atoms with Crippen LogP contribution in [0, 0.1) is 18.8 Å². The number of amides is 1. The largest absolute Gasteiger partial charge is 0.489 e. The number of hydrogen-bond acceptors (Lipinski definition) is 7. The molecule has 10 heteroatoms. The van der Waals surface area contributed by atoms with Gasteiger partial charge in [0.1, 0.15) is 23.2 Å². The van der Waals surface area contributed by atoms with Crippen LogP contribution in [0.2, 0.25) is 0 Å². The third-order valence-electron chi connectivity index (χ3n) is 7.15. The average molecular weight is 486 g/mol. The number of carboxylic acid groups (broad SMARTS) is 1. The van der Waals surface area contributed by atoms with Gasteiger partial charge < -0.3 is 19.5 Å². The molecule has 0 spiro atoms. The standard InChI is InChI=1S/C25H35N5O5/c1-15-21(35-19-10-6-9-18(13-19)24(31)32)12-11-20(26-15)22-23(30(4)28-27-22)16(2)34-25(33)29(3)14-17-7-5-8-17/h11-12,16-19H,5-10,13-14H2,1-4H3,(H,31,32)/t16?,18-,19?/m0/s1. The van der Waals surface area contributed by atoms with E-state index in [1.54, 1.807) is 23.7 Å². The fraction of sp³-hybridized carbons (Fsp3) is 0.640. The number of rotatable bonds is 8. The van der Waals surface area contributed by atoms with Crippen molar-refractivity contribution in [3.8, 4) is 17.1 Å². The third kappa shape index (κ3) is 5.74. The van der Waals surface area contributed by atoms with Crippen LogP contribution in [0.4, 0.5) is 4.79 Å². The van der Waals surface area contributed by atoms with Crippen molar-refractivity contribution >= 4 is 12.1 Å². The Morgan fingerprint density at radius 3 is 2.63 bits per heavy atom. The molecule has 2 fully saturated rings. The minimum absolute atomic E-state index is 0.139. The molecule has 0 radical (unpaired) electrons. The Balaban J connectivity index is 1.45. The molecule has 2 aromatic rings. The maximum Gasteiger partial charge on any atom is 0.410 e. The molecule has 2 heterocycles. The number of nitrogens with zero attached hydrogens (tertiary/aromatic N) is 5. The zero-order valence-corrected chi connectivity index (χ0v) is 20.9. The van der Waals surface area contributed by atoms with Crippen LogP contribution in [0.5, 0.6) is 5.75 Å². The van der Waals surface area contributed by atoms with Gasteiger partial charge in [0, 0.05) is 20.6 Å². The molecule has 0 saturated heterocycles. The van der Waals surface area contributed by atoms with Crippen molar-refractivity contribution in [2.24, 2.45) is 18.9 Å². The second-order valence-corrected chi connectivity index (χ2v) is 9.87. The van der Waals surface area contributed by atoms with Gasteiger partial charge in [-0.3, -0.25) is 4.79 Å². The molecule has 2 aliphatic rings. The van der Waals surface area contributed by atoms with Gasteiger partial charge in [0.15, 0.2) is 0 Å². The molecule has 2 aromatic heterocycles. The van der Waals surface area contributed by atoms with Crippen molar-refractivity contribution in [2.45, 2.75) is 71.0 Å². The van der Waals surface area contributed by atoms with Crippen molar-refractivity contribution < 1.29 is 24.2 Å². The second-order valence-electron chi connectivity index (χ2n) is 9.87. The molecule has 35 heavy (non-hydrogen) atoms. The quantitative estimate of drug-likeness (QED) is 0.592. The van der Waals surface area contributed by atoms with Gasteiger partial charge >= 0.3 is 12.1 Å². The molecule has 2 saturated carbocycles. The van der Waals surface area contributed by atoms with Gasteiger partial charge in [-0.1, -0.05) is 11.6 Å². The lowest BCUT2D eigenvalue weighted by molar-refractivity contribution is -0.143. The van der Waals surface area contributed by atoms with Crippen LogP contribution in [0.3, 0.4) is 0 Å². The van der Waals surface area contributed by atoms with Crippen molar-refractivity contribution in [3.05, 3.63) is 23.5 Å². The third-order valence-corrected chi connectivity index (χ3v) is 7.15. The van der Waals surface area contributed by atoms with E-state index in [1.165, 1.54) is 6.42 Å². The molecular formula is C25H35N5O5. The van der Waals surface area contributed by atoms with Gasteiger partial charge in [-0.05, 0) is 70.4 Å². The summed E-state index contributed by atoms with van der Waals surface area (Å²) >= 11 is 0. The molecule has 190 valence electrons. The molecule has 2 aliphatic carbocycles. The van der Waals surface area contributed by atoms with E-state index in [4.69, 9.17) is 9.47 Å². The number of aromatic nitrogens is 4. The molecule has 3 atom stereocenters. The summed E-state index contributed by atoms with van der Waals surface area (Å²) in [5, 5.41) is 17.8. The number of carboxylic acids is 1. The zero-order chi connectivity index (χ0) is 25.1. The molecule has 0 bridgehead atoms. The topological polar surface area (TPSA) is 120 Å². The van der Waals surface area contributed by atoms with Crippen LogP contribution in [0.1, 0.15) is 69.4 Å². The maximum absolute atomic E-state index is 12.6. The lowest BCUT2D eigenvalue weighted by Crippen LogP contribution is -2.35. The molecule has 1 N–H and O–H groups in total. The minimum atomic E-state index is -0.761. The number of hydrogen-bond donors (Lipinski definition) is 1. The Hall–Kier alpha value is -3.17. The summed E-state index contributed by atoms with van der Waals surface area (Å²) in [5.41, 5.74) is 2.50. The predicted octanol–water partition coefficient (Wildman–Crippen LogP) is 4.14.